The Labute approximate surface area is 114 Å². The molecule has 0 saturated carbocycles. The first-order valence-electron chi connectivity index (χ1n) is 6.74. The second-order valence-electron chi connectivity index (χ2n) is 5.29. The summed E-state index contributed by atoms with van der Waals surface area (Å²) in [5, 5.41) is 6.45. The molecule has 0 rings (SSSR count). The Balaban J connectivity index is 3.79. The molecule has 0 fully saturated rings. The van der Waals surface area contributed by atoms with Crippen molar-refractivity contribution in [3.8, 4) is 0 Å². The second kappa shape index (κ2) is 9.36. The van der Waals surface area contributed by atoms with Gasteiger partial charge in [-0.2, -0.15) is 0 Å². The van der Waals surface area contributed by atoms with E-state index in [0.29, 0.717) is 12.3 Å². The highest BCUT2D eigenvalue weighted by atomic mass is 32.2. The van der Waals surface area contributed by atoms with Gasteiger partial charge in [-0.3, -0.25) is 9.20 Å². The molecule has 1 unspecified atom stereocenters. The van der Waals surface area contributed by atoms with Crippen LogP contribution in [0.1, 0.15) is 47.0 Å². The van der Waals surface area contributed by atoms with Gasteiger partial charge in [-0.1, -0.05) is 19.8 Å². The van der Waals surface area contributed by atoms with E-state index >= 15 is 0 Å². The minimum Gasteiger partial charge on any atom is -0.356 e. The van der Waals surface area contributed by atoms with E-state index in [4.69, 9.17) is 0 Å². The van der Waals surface area contributed by atoms with Crippen molar-refractivity contribution in [2.24, 2.45) is 4.99 Å². The Kier molecular flexibility index (Phi) is 9.06. The molecule has 18 heavy (non-hydrogen) atoms. The van der Waals surface area contributed by atoms with Crippen molar-refractivity contribution < 1.29 is 4.21 Å². The van der Waals surface area contributed by atoms with Crippen LogP contribution in [0.3, 0.4) is 0 Å². The van der Waals surface area contributed by atoms with Gasteiger partial charge < -0.3 is 10.6 Å². The maximum atomic E-state index is 11.8. The number of guanidine groups is 1. The first kappa shape index (κ1) is 17.4. The Morgan fingerprint density at radius 1 is 1.17 bits per heavy atom. The SMILES string of the molecule is CCCCCNC(=NC)NCCS(=O)C(C)(C)C. The van der Waals surface area contributed by atoms with Crippen molar-refractivity contribution in [3.05, 3.63) is 0 Å². The van der Waals surface area contributed by atoms with Gasteiger partial charge in [0.15, 0.2) is 5.96 Å². The number of nitrogens with zero attached hydrogens (tertiary/aromatic N) is 1. The lowest BCUT2D eigenvalue weighted by Gasteiger charge is -2.18. The molecule has 0 spiro atoms. The largest absolute Gasteiger partial charge is 0.356 e. The standard InChI is InChI=1S/C13H29N3OS/c1-6-7-8-9-15-12(14-5)16-10-11-18(17)13(2,3)4/h6-11H2,1-5H3,(H2,14,15,16). The molecule has 0 bridgehead atoms. The number of nitrogens with one attached hydrogen (secondary N) is 2. The predicted octanol–water partition coefficient (Wildman–Crippen LogP) is 1.89. The van der Waals surface area contributed by atoms with E-state index in [1.807, 2.05) is 20.8 Å². The average Bonchev–Trinajstić information content (AvgIpc) is 2.30. The van der Waals surface area contributed by atoms with Gasteiger partial charge in [-0.05, 0) is 27.2 Å². The molecule has 0 aromatic carbocycles. The van der Waals surface area contributed by atoms with Crippen molar-refractivity contribution in [1.29, 1.82) is 0 Å². The summed E-state index contributed by atoms with van der Waals surface area (Å²) in [5.41, 5.74) is 0. The third kappa shape index (κ3) is 8.50. The normalized spacial score (nSPS) is 14.4. The van der Waals surface area contributed by atoms with Gasteiger partial charge in [0, 0.05) is 41.4 Å². The highest BCUT2D eigenvalue weighted by Crippen LogP contribution is 2.10. The Morgan fingerprint density at radius 2 is 1.78 bits per heavy atom. The van der Waals surface area contributed by atoms with Crippen LogP contribution in [0.5, 0.6) is 0 Å². The fourth-order valence-corrected chi connectivity index (χ4v) is 2.27. The van der Waals surface area contributed by atoms with Crippen LogP contribution in [0.15, 0.2) is 4.99 Å². The molecule has 1 atom stereocenters. The van der Waals surface area contributed by atoms with Gasteiger partial charge in [0.05, 0.1) is 0 Å². The molecule has 5 heteroatoms. The van der Waals surface area contributed by atoms with Crippen LogP contribution in [0, 0.1) is 0 Å². The quantitative estimate of drug-likeness (QED) is 0.424. The summed E-state index contributed by atoms with van der Waals surface area (Å²) in [5.74, 6) is 1.45. The van der Waals surface area contributed by atoms with Crippen LogP contribution < -0.4 is 10.6 Å². The number of unbranched alkanes of at least 4 members (excludes halogenated alkanes) is 2. The molecule has 0 aromatic rings. The zero-order chi connectivity index (χ0) is 14.0. The first-order valence-corrected chi connectivity index (χ1v) is 8.06. The fourth-order valence-electron chi connectivity index (χ4n) is 1.37. The molecule has 108 valence electrons. The summed E-state index contributed by atoms with van der Waals surface area (Å²) in [6, 6.07) is 0. The second-order valence-corrected chi connectivity index (χ2v) is 7.62. The molecule has 0 aliphatic heterocycles. The monoisotopic (exact) mass is 275 g/mol. The lowest BCUT2D eigenvalue weighted by atomic mass is 10.2. The number of hydrogen-bond acceptors (Lipinski definition) is 2. The molecule has 0 aliphatic rings. The van der Waals surface area contributed by atoms with E-state index in [-0.39, 0.29) is 4.75 Å². The number of hydrogen-bond donors (Lipinski definition) is 2. The predicted molar refractivity (Wildman–Crippen MR) is 81.7 cm³/mol. The van der Waals surface area contributed by atoms with E-state index in [2.05, 4.69) is 22.5 Å². The maximum Gasteiger partial charge on any atom is 0.191 e. The van der Waals surface area contributed by atoms with Crippen LogP contribution in [-0.4, -0.2) is 40.8 Å². The summed E-state index contributed by atoms with van der Waals surface area (Å²) in [4.78, 5) is 4.14. The van der Waals surface area contributed by atoms with E-state index in [1.54, 1.807) is 7.05 Å². The Bertz CT molecular complexity index is 272. The van der Waals surface area contributed by atoms with Crippen molar-refractivity contribution in [2.75, 3.05) is 25.9 Å². The number of aliphatic imine (C=N–C) groups is 1. The summed E-state index contributed by atoms with van der Waals surface area (Å²) in [7, 11) is 0.950. The summed E-state index contributed by atoms with van der Waals surface area (Å²) < 4.78 is 11.7. The van der Waals surface area contributed by atoms with Crippen LogP contribution in [0.4, 0.5) is 0 Å². The highest BCUT2D eigenvalue weighted by Gasteiger charge is 2.18. The number of rotatable bonds is 7. The molecular formula is C13H29N3OS. The molecular weight excluding hydrogens is 246 g/mol. The minimum atomic E-state index is -0.810. The van der Waals surface area contributed by atoms with Gasteiger partial charge >= 0.3 is 0 Å². The molecule has 0 aromatic heterocycles. The summed E-state index contributed by atoms with van der Waals surface area (Å²) in [6.45, 7) is 9.82. The fraction of sp³-hybridized carbons (Fsp3) is 0.923. The van der Waals surface area contributed by atoms with E-state index < -0.39 is 10.8 Å². The summed E-state index contributed by atoms with van der Waals surface area (Å²) in [6.07, 6.45) is 3.61. The highest BCUT2D eigenvalue weighted by molar-refractivity contribution is 7.86. The molecule has 0 heterocycles. The van der Waals surface area contributed by atoms with E-state index in [0.717, 1.165) is 18.9 Å². The molecule has 4 nitrogen and oxygen atoms in total. The molecule has 0 amide bonds. The third-order valence-corrected chi connectivity index (χ3v) is 4.50. The topological polar surface area (TPSA) is 53.5 Å². The lowest BCUT2D eigenvalue weighted by Crippen LogP contribution is -2.40. The van der Waals surface area contributed by atoms with Gasteiger partial charge in [0.2, 0.25) is 0 Å². The zero-order valence-electron chi connectivity index (χ0n) is 12.5. The molecule has 2 N–H and O–H groups in total. The van der Waals surface area contributed by atoms with Crippen LogP contribution >= 0.6 is 0 Å². The summed E-state index contributed by atoms with van der Waals surface area (Å²) >= 11 is 0. The Hall–Kier alpha value is -0.580. The smallest absolute Gasteiger partial charge is 0.191 e. The third-order valence-electron chi connectivity index (χ3n) is 2.56. The van der Waals surface area contributed by atoms with Gasteiger partial charge in [0.1, 0.15) is 0 Å². The van der Waals surface area contributed by atoms with Crippen LogP contribution in [-0.2, 0) is 10.8 Å². The van der Waals surface area contributed by atoms with Crippen LogP contribution in [0.25, 0.3) is 0 Å². The zero-order valence-corrected chi connectivity index (χ0v) is 13.3. The van der Waals surface area contributed by atoms with Crippen molar-refractivity contribution in [1.82, 2.24) is 10.6 Å². The van der Waals surface area contributed by atoms with E-state index in [1.165, 1.54) is 12.8 Å². The first-order chi connectivity index (χ1) is 8.41. The van der Waals surface area contributed by atoms with Gasteiger partial charge in [0.25, 0.3) is 0 Å². The Morgan fingerprint density at radius 3 is 2.28 bits per heavy atom. The maximum absolute atomic E-state index is 11.8. The van der Waals surface area contributed by atoms with Crippen molar-refractivity contribution >= 4 is 16.8 Å². The van der Waals surface area contributed by atoms with Crippen LogP contribution in [0.2, 0.25) is 0 Å². The minimum absolute atomic E-state index is 0.139. The van der Waals surface area contributed by atoms with Gasteiger partial charge in [-0.15, -0.1) is 0 Å². The lowest BCUT2D eigenvalue weighted by molar-refractivity contribution is 0.646. The van der Waals surface area contributed by atoms with Crippen molar-refractivity contribution in [2.45, 2.75) is 51.7 Å². The van der Waals surface area contributed by atoms with Crippen molar-refractivity contribution in [3.63, 3.8) is 0 Å². The van der Waals surface area contributed by atoms with E-state index in [9.17, 15) is 4.21 Å². The average molecular weight is 275 g/mol. The molecule has 0 aliphatic carbocycles. The van der Waals surface area contributed by atoms with Gasteiger partial charge in [-0.25, -0.2) is 0 Å². The molecule has 0 saturated heterocycles. The molecule has 0 radical (unpaired) electrons.